The Bertz CT molecular complexity index is 493. The maximum Gasteiger partial charge on any atom is 0.350 e. The summed E-state index contributed by atoms with van der Waals surface area (Å²) < 4.78 is 4.77. The minimum atomic E-state index is -0.612. The van der Waals surface area contributed by atoms with Crippen molar-refractivity contribution in [3.05, 3.63) is 41.1 Å². The van der Waals surface area contributed by atoms with Crippen molar-refractivity contribution >= 4 is 11.7 Å². The van der Waals surface area contributed by atoms with Gasteiger partial charge < -0.3 is 10.1 Å². The highest BCUT2D eigenvalue weighted by Crippen LogP contribution is 2.19. The predicted molar refractivity (Wildman–Crippen MR) is 69.9 cm³/mol. The molecule has 1 aromatic rings. The molecule has 0 aliphatic carbocycles. The summed E-state index contributed by atoms with van der Waals surface area (Å²) in [5, 5.41) is 11.9. The molecule has 1 rings (SSSR count). The molecule has 0 spiro atoms. The molecule has 0 aromatic heterocycles. The highest BCUT2D eigenvalue weighted by molar-refractivity contribution is 5.93. The van der Waals surface area contributed by atoms with E-state index in [9.17, 15) is 4.79 Å². The summed E-state index contributed by atoms with van der Waals surface area (Å²) in [4.78, 5) is 11.4. The number of carbonyl (C=O) groups excluding carboxylic acids is 1. The van der Waals surface area contributed by atoms with Crippen molar-refractivity contribution in [2.75, 3.05) is 11.9 Å². The number of nitrogens with one attached hydrogen (secondary N) is 1. The molecule has 1 N–H and O–H groups in total. The molecule has 0 heterocycles. The van der Waals surface area contributed by atoms with Gasteiger partial charge in [0, 0.05) is 11.9 Å². The number of esters is 1. The Balaban J connectivity index is 2.91. The fraction of sp³-hybridized carbons (Fsp3) is 0.286. The van der Waals surface area contributed by atoms with Gasteiger partial charge >= 0.3 is 5.97 Å². The average Bonchev–Trinajstić information content (AvgIpc) is 2.33. The zero-order chi connectivity index (χ0) is 13.5. The fourth-order valence-corrected chi connectivity index (χ4v) is 1.53. The molecule has 0 aliphatic heterocycles. The van der Waals surface area contributed by atoms with Crippen molar-refractivity contribution in [1.82, 2.24) is 0 Å². The van der Waals surface area contributed by atoms with E-state index in [-0.39, 0.29) is 12.2 Å². The molecule has 0 unspecified atom stereocenters. The highest BCUT2D eigenvalue weighted by atomic mass is 16.5. The normalized spacial score (nSPS) is 10.7. The molecular weight excluding hydrogens is 228 g/mol. The number of rotatable bonds is 4. The Morgan fingerprint density at radius 3 is 2.56 bits per heavy atom. The van der Waals surface area contributed by atoms with Crippen molar-refractivity contribution in [3.8, 4) is 6.07 Å². The maximum atomic E-state index is 11.4. The number of hydrogen-bond acceptors (Lipinski definition) is 4. The largest absolute Gasteiger partial charge is 0.462 e. The van der Waals surface area contributed by atoms with E-state index in [4.69, 9.17) is 10.00 Å². The first-order valence-corrected chi connectivity index (χ1v) is 5.70. The van der Waals surface area contributed by atoms with E-state index in [0.29, 0.717) is 0 Å². The van der Waals surface area contributed by atoms with Crippen LogP contribution in [0.3, 0.4) is 0 Å². The Kier molecular flexibility index (Phi) is 4.94. The number of nitrogens with zero attached hydrogens (tertiary/aromatic N) is 1. The SMILES string of the molecule is CCOC(=O)/C(C#N)=C/Nc1c(C)cccc1C. The molecule has 0 aliphatic rings. The fourth-order valence-electron chi connectivity index (χ4n) is 1.53. The zero-order valence-corrected chi connectivity index (χ0v) is 10.8. The van der Waals surface area contributed by atoms with Crippen LogP contribution >= 0.6 is 0 Å². The topological polar surface area (TPSA) is 62.1 Å². The van der Waals surface area contributed by atoms with Gasteiger partial charge in [-0.2, -0.15) is 5.26 Å². The lowest BCUT2D eigenvalue weighted by molar-refractivity contribution is -0.138. The molecule has 94 valence electrons. The molecule has 1 aromatic carbocycles. The van der Waals surface area contributed by atoms with Gasteiger partial charge in [-0.05, 0) is 31.9 Å². The second-order valence-corrected chi connectivity index (χ2v) is 3.80. The van der Waals surface area contributed by atoms with Gasteiger partial charge in [0.15, 0.2) is 5.57 Å². The summed E-state index contributed by atoms with van der Waals surface area (Å²) in [5.41, 5.74) is 2.95. The van der Waals surface area contributed by atoms with Crippen molar-refractivity contribution < 1.29 is 9.53 Å². The van der Waals surface area contributed by atoms with Gasteiger partial charge in [0.1, 0.15) is 6.07 Å². The number of ether oxygens (including phenoxy) is 1. The van der Waals surface area contributed by atoms with Crippen LogP contribution in [0.25, 0.3) is 0 Å². The molecule has 0 radical (unpaired) electrons. The molecule has 4 nitrogen and oxygen atoms in total. The average molecular weight is 244 g/mol. The quantitative estimate of drug-likeness (QED) is 0.502. The smallest absolute Gasteiger partial charge is 0.350 e. The summed E-state index contributed by atoms with van der Waals surface area (Å²) in [6, 6.07) is 7.69. The van der Waals surface area contributed by atoms with Crippen LogP contribution in [0, 0.1) is 25.2 Å². The van der Waals surface area contributed by atoms with Crippen molar-refractivity contribution in [3.63, 3.8) is 0 Å². The number of carbonyl (C=O) groups is 1. The van der Waals surface area contributed by atoms with E-state index in [1.807, 2.05) is 38.1 Å². The van der Waals surface area contributed by atoms with E-state index in [0.717, 1.165) is 16.8 Å². The van der Waals surface area contributed by atoms with E-state index < -0.39 is 5.97 Å². The number of anilines is 1. The summed E-state index contributed by atoms with van der Waals surface area (Å²) in [6.07, 6.45) is 1.38. The van der Waals surface area contributed by atoms with Crippen LogP contribution in [-0.2, 0) is 9.53 Å². The Hall–Kier alpha value is -2.28. The lowest BCUT2D eigenvalue weighted by Crippen LogP contribution is -2.08. The first kappa shape index (κ1) is 13.8. The molecular formula is C14H16N2O2. The van der Waals surface area contributed by atoms with Gasteiger partial charge in [-0.3, -0.25) is 0 Å². The van der Waals surface area contributed by atoms with Crippen LogP contribution in [0.4, 0.5) is 5.69 Å². The molecule has 0 atom stereocenters. The van der Waals surface area contributed by atoms with Crippen molar-refractivity contribution in [1.29, 1.82) is 5.26 Å². The molecule has 0 saturated carbocycles. The van der Waals surface area contributed by atoms with Gasteiger partial charge in [0.25, 0.3) is 0 Å². The van der Waals surface area contributed by atoms with Crippen molar-refractivity contribution in [2.24, 2.45) is 0 Å². The Morgan fingerprint density at radius 1 is 1.44 bits per heavy atom. The second kappa shape index (κ2) is 6.45. The molecule has 0 bridgehead atoms. The minimum absolute atomic E-state index is 0.0421. The number of nitriles is 1. The third-order valence-electron chi connectivity index (χ3n) is 2.46. The van der Waals surface area contributed by atoms with Crippen LogP contribution < -0.4 is 5.32 Å². The van der Waals surface area contributed by atoms with E-state index >= 15 is 0 Å². The van der Waals surface area contributed by atoms with Gasteiger partial charge in [-0.25, -0.2) is 4.79 Å². The molecule has 0 fully saturated rings. The van der Waals surface area contributed by atoms with Gasteiger partial charge in [0.2, 0.25) is 0 Å². The van der Waals surface area contributed by atoms with Crippen LogP contribution in [0.5, 0.6) is 0 Å². The lowest BCUT2D eigenvalue weighted by atomic mass is 10.1. The van der Waals surface area contributed by atoms with E-state index in [1.54, 1.807) is 6.92 Å². The third kappa shape index (κ3) is 3.36. The van der Waals surface area contributed by atoms with Gasteiger partial charge in [-0.15, -0.1) is 0 Å². The standard InChI is InChI=1S/C14H16N2O2/c1-4-18-14(17)12(8-15)9-16-13-10(2)6-5-7-11(13)3/h5-7,9,16H,4H2,1-3H3/b12-9+. The first-order chi connectivity index (χ1) is 8.60. The monoisotopic (exact) mass is 244 g/mol. The molecule has 0 saturated heterocycles. The molecule has 0 amide bonds. The minimum Gasteiger partial charge on any atom is -0.462 e. The van der Waals surface area contributed by atoms with Crippen LogP contribution in [-0.4, -0.2) is 12.6 Å². The van der Waals surface area contributed by atoms with Gasteiger partial charge in [0.05, 0.1) is 6.61 Å². The van der Waals surface area contributed by atoms with Crippen LogP contribution in [0.1, 0.15) is 18.1 Å². The Labute approximate surface area is 107 Å². The second-order valence-electron chi connectivity index (χ2n) is 3.80. The number of hydrogen-bond donors (Lipinski definition) is 1. The summed E-state index contributed by atoms with van der Waals surface area (Å²) in [6.45, 7) is 5.87. The third-order valence-corrected chi connectivity index (χ3v) is 2.46. The predicted octanol–water partition coefficient (Wildman–Crippen LogP) is 2.69. The number of para-hydroxylation sites is 1. The zero-order valence-electron chi connectivity index (χ0n) is 10.8. The summed E-state index contributed by atoms with van der Waals surface area (Å²) in [5.74, 6) is -0.612. The number of benzene rings is 1. The van der Waals surface area contributed by atoms with Crippen LogP contribution in [0.15, 0.2) is 30.0 Å². The molecule has 4 heteroatoms. The van der Waals surface area contributed by atoms with E-state index in [1.165, 1.54) is 6.20 Å². The maximum absolute atomic E-state index is 11.4. The van der Waals surface area contributed by atoms with E-state index in [2.05, 4.69) is 5.32 Å². The highest BCUT2D eigenvalue weighted by Gasteiger charge is 2.09. The van der Waals surface area contributed by atoms with Crippen molar-refractivity contribution in [2.45, 2.75) is 20.8 Å². The van der Waals surface area contributed by atoms with Gasteiger partial charge in [-0.1, -0.05) is 18.2 Å². The summed E-state index contributed by atoms with van der Waals surface area (Å²) >= 11 is 0. The first-order valence-electron chi connectivity index (χ1n) is 5.70. The number of aryl methyl sites for hydroxylation is 2. The Morgan fingerprint density at radius 2 is 2.06 bits per heavy atom. The lowest BCUT2D eigenvalue weighted by Gasteiger charge is -2.09. The molecule has 18 heavy (non-hydrogen) atoms. The summed E-state index contributed by atoms with van der Waals surface area (Å²) in [7, 11) is 0. The van der Waals surface area contributed by atoms with Crippen LogP contribution in [0.2, 0.25) is 0 Å².